The lowest BCUT2D eigenvalue weighted by molar-refractivity contribution is -0.129. The van der Waals surface area contributed by atoms with Gasteiger partial charge in [0.15, 0.2) is 5.16 Å². The normalized spacial score (nSPS) is 14.5. The number of piperazine rings is 1. The van der Waals surface area contributed by atoms with Crippen molar-refractivity contribution in [2.24, 2.45) is 0 Å². The van der Waals surface area contributed by atoms with Crippen LogP contribution in [0.15, 0.2) is 9.95 Å². The van der Waals surface area contributed by atoms with Gasteiger partial charge >= 0.3 is 6.09 Å². The van der Waals surface area contributed by atoms with Gasteiger partial charge in [0.25, 0.3) is 5.56 Å². The lowest BCUT2D eigenvalue weighted by atomic mass is 10.2. The molecule has 2 aromatic rings. The Morgan fingerprint density at radius 2 is 1.79 bits per heavy atom. The molecule has 3 heterocycles. The van der Waals surface area contributed by atoms with E-state index in [1.54, 1.807) is 21.3 Å². The molecule has 1 saturated heterocycles. The fourth-order valence-corrected chi connectivity index (χ4v) is 5.30. The van der Waals surface area contributed by atoms with Gasteiger partial charge in [-0.25, -0.2) is 9.78 Å². The van der Waals surface area contributed by atoms with Gasteiger partial charge in [-0.3, -0.25) is 14.2 Å². The number of hydrogen-bond acceptors (Lipinski definition) is 7. The molecule has 1 fully saturated rings. The molecule has 0 unspecified atom stereocenters. The lowest BCUT2D eigenvalue weighted by Gasteiger charge is -2.34. The van der Waals surface area contributed by atoms with E-state index in [9.17, 15) is 14.4 Å². The maximum absolute atomic E-state index is 12.9. The van der Waals surface area contributed by atoms with Crippen molar-refractivity contribution in [2.45, 2.75) is 39.4 Å². The van der Waals surface area contributed by atoms with E-state index < -0.39 is 0 Å². The molecule has 3 rings (SSSR count). The zero-order valence-electron chi connectivity index (χ0n) is 17.2. The molecule has 0 spiro atoms. The number of nitrogens with zero attached hydrogens (tertiary/aromatic N) is 4. The minimum Gasteiger partial charge on any atom is -0.450 e. The van der Waals surface area contributed by atoms with E-state index in [0.29, 0.717) is 49.9 Å². The molecule has 2 amide bonds. The minimum absolute atomic E-state index is 0.0194. The Kier molecular flexibility index (Phi) is 6.84. The van der Waals surface area contributed by atoms with Crippen molar-refractivity contribution in [3.05, 3.63) is 20.8 Å². The Balaban J connectivity index is 1.67. The van der Waals surface area contributed by atoms with Crippen LogP contribution in [-0.2, 0) is 16.1 Å². The number of ether oxygens (including phenoxy) is 1. The number of fused-ring (bicyclic) bond motifs is 1. The van der Waals surface area contributed by atoms with E-state index in [1.165, 1.54) is 23.1 Å². The lowest BCUT2D eigenvalue weighted by Crippen LogP contribution is -2.51. The van der Waals surface area contributed by atoms with E-state index >= 15 is 0 Å². The molecule has 2 aromatic heterocycles. The minimum atomic E-state index is -0.333. The van der Waals surface area contributed by atoms with E-state index in [1.807, 2.05) is 20.8 Å². The summed E-state index contributed by atoms with van der Waals surface area (Å²) in [5.74, 6) is 0.190. The maximum Gasteiger partial charge on any atom is 0.409 e. The highest BCUT2D eigenvalue weighted by Crippen LogP contribution is 2.28. The fraction of sp³-hybridized carbons (Fsp3) is 0.579. The van der Waals surface area contributed by atoms with Crippen LogP contribution < -0.4 is 5.56 Å². The van der Waals surface area contributed by atoms with Crippen molar-refractivity contribution in [1.29, 1.82) is 0 Å². The van der Waals surface area contributed by atoms with Crippen LogP contribution in [0.5, 0.6) is 0 Å². The Morgan fingerprint density at radius 1 is 1.14 bits per heavy atom. The van der Waals surface area contributed by atoms with Crippen LogP contribution in [0.2, 0.25) is 0 Å². The van der Waals surface area contributed by atoms with Crippen LogP contribution in [0.3, 0.4) is 0 Å². The summed E-state index contributed by atoms with van der Waals surface area (Å²) in [7, 11) is 0. The number of carbonyl (C=O) groups excluding carboxylic acids is 2. The molecule has 0 atom stereocenters. The van der Waals surface area contributed by atoms with Crippen molar-refractivity contribution in [3.8, 4) is 0 Å². The number of hydrogen-bond donors (Lipinski definition) is 0. The summed E-state index contributed by atoms with van der Waals surface area (Å²) in [6.07, 6.45) is -0.333. The van der Waals surface area contributed by atoms with Crippen molar-refractivity contribution in [1.82, 2.24) is 19.4 Å². The summed E-state index contributed by atoms with van der Waals surface area (Å²) < 4.78 is 6.64. The first kappa shape index (κ1) is 21.6. The third kappa shape index (κ3) is 4.42. The van der Waals surface area contributed by atoms with E-state index in [2.05, 4.69) is 4.98 Å². The molecule has 1 aliphatic heterocycles. The third-order valence-corrected chi connectivity index (χ3v) is 7.12. The summed E-state index contributed by atoms with van der Waals surface area (Å²) in [6.45, 7) is 10.4. The highest BCUT2D eigenvalue weighted by Gasteiger charge is 2.25. The van der Waals surface area contributed by atoms with Crippen molar-refractivity contribution in [2.75, 3.05) is 38.5 Å². The van der Waals surface area contributed by atoms with Crippen molar-refractivity contribution < 1.29 is 14.3 Å². The van der Waals surface area contributed by atoms with Gasteiger partial charge in [0.1, 0.15) is 4.83 Å². The number of aryl methyl sites for hydroxylation is 2. The first-order chi connectivity index (χ1) is 13.9. The molecule has 0 bridgehead atoms. The van der Waals surface area contributed by atoms with Gasteiger partial charge in [0.2, 0.25) is 5.91 Å². The summed E-state index contributed by atoms with van der Waals surface area (Å²) >= 11 is 2.81. The van der Waals surface area contributed by atoms with Crippen molar-refractivity contribution in [3.63, 3.8) is 0 Å². The van der Waals surface area contributed by atoms with Crippen LogP contribution in [-0.4, -0.2) is 69.9 Å². The Bertz CT molecular complexity index is 977. The second kappa shape index (κ2) is 9.17. The summed E-state index contributed by atoms with van der Waals surface area (Å²) in [6, 6.07) is 0. The van der Waals surface area contributed by atoms with Gasteiger partial charge < -0.3 is 14.5 Å². The monoisotopic (exact) mass is 438 g/mol. The number of aromatic nitrogens is 2. The molecule has 0 saturated carbocycles. The van der Waals surface area contributed by atoms with Crippen LogP contribution in [0.4, 0.5) is 4.79 Å². The molecule has 29 heavy (non-hydrogen) atoms. The van der Waals surface area contributed by atoms with Gasteiger partial charge in [-0.05, 0) is 33.3 Å². The van der Waals surface area contributed by atoms with Crippen LogP contribution in [0.1, 0.15) is 24.3 Å². The first-order valence-corrected chi connectivity index (χ1v) is 11.5. The van der Waals surface area contributed by atoms with Gasteiger partial charge in [-0.2, -0.15) is 0 Å². The van der Waals surface area contributed by atoms with Crippen LogP contribution in [0.25, 0.3) is 10.2 Å². The fourth-order valence-electron chi connectivity index (χ4n) is 3.27. The maximum atomic E-state index is 12.9. The predicted molar refractivity (Wildman–Crippen MR) is 115 cm³/mol. The number of thiophene rings is 1. The molecule has 0 aromatic carbocycles. The molecule has 10 heteroatoms. The van der Waals surface area contributed by atoms with Gasteiger partial charge in [0.05, 0.1) is 17.7 Å². The Labute approximate surface area is 177 Å². The SMILES string of the molecule is CCOC(=O)N1CCN(C(=O)CSc2nc3sc(C)c(C)c3c(=O)n2CC)CC1. The summed E-state index contributed by atoms with van der Waals surface area (Å²) in [5.41, 5.74) is 0.939. The number of amides is 2. The second-order valence-electron chi connectivity index (χ2n) is 6.76. The van der Waals surface area contributed by atoms with Crippen LogP contribution >= 0.6 is 23.1 Å². The quantitative estimate of drug-likeness (QED) is 0.527. The Hall–Kier alpha value is -2.07. The Morgan fingerprint density at radius 3 is 2.41 bits per heavy atom. The molecular weight excluding hydrogens is 412 g/mol. The number of thioether (sulfide) groups is 1. The second-order valence-corrected chi connectivity index (χ2v) is 8.91. The van der Waals surface area contributed by atoms with E-state index in [4.69, 9.17) is 4.74 Å². The van der Waals surface area contributed by atoms with Gasteiger partial charge in [-0.1, -0.05) is 11.8 Å². The van der Waals surface area contributed by atoms with Crippen molar-refractivity contribution >= 4 is 45.3 Å². The van der Waals surface area contributed by atoms with Gasteiger partial charge in [-0.15, -0.1) is 11.3 Å². The highest BCUT2D eigenvalue weighted by atomic mass is 32.2. The third-order valence-electron chi connectivity index (χ3n) is 5.05. The van der Waals surface area contributed by atoms with Crippen LogP contribution in [0, 0.1) is 13.8 Å². The zero-order valence-corrected chi connectivity index (χ0v) is 18.8. The predicted octanol–water partition coefficient (Wildman–Crippen LogP) is 2.49. The van der Waals surface area contributed by atoms with E-state index in [-0.39, 0.29) is 23.3 Å². The number of carbonyl (C=O) groups is 2. The first-order valence-electron chi connectivity index (χ1n) is 9.70. The molecule has 0 aliphatic carbocycles. The molecule has 158 valence electrons. The summed E-state index contributed by atoms with van der Waals surface area (Å²) in [4.78, 5) is 47.1. The summed E-state index contributed by atoms with van der Waals surface area (Å²) in [5, 5.41) is 1.25. The molecule has 0 radical (unpaired) electrons. The molecule has 1 aliphatic rings. The topological polar surface area (TPSA) is 84.7 Å². The average Bonchev–Trinajstić information content (AvgIpc) is 3.00. The zero-order chi connectivity index (χ0) is 21.1. The molecule has 8 nitrogen and oxygen atoms in total. The largest absolute Gasteiger partial charge is 0.450 e. The molecule has 0 N–H and O–H groups in total. The smallest absolute Gasteiger partial charge is 0.409 e. The highest BCUT2D eigenvalue weighted by molar-refractivity contribution is 7.99. The van der Waals surface area contributed by atoms with E-state index in [0.717, 1.165) is 15.3 Å². The average molecular weight is 439 g/mol. The standard InChI is InChI=1S/C19H26N4O4S2/c1-5-23-17(25)15-12(3)13(4)29-16(15)20-18(23)28-11-14(24)21-7-9-22(10-8-21)19(26)27-6-2/h5-11H2,1-4H3. The van der Waals surface area contributed by atoms with Gasteiger partial charge in [0, 0.05) is 37.6 Å². The number of rotatable bonds is 5. The molecular formula is C19H26N4O4S2.